The molecule has 0 aliphatic carbocycles. The van der Waals surface area contributed by atoms with Crippen molar-refractivity contribution in [2.45, 2.75) is 46.6 Å². The van der Waals surface area contributed by atoms with Crippen LogP contribution in [0.4, 0.5) is 4.39 Å². The SMILES string of the molecule is CCNC(CCc1cc(Cl)ccc1F)C(C)(C)C. The van der Waals surface area contributed by atoms with E-state index >= 15 is 0 Å². The highest BCUT2D eigenvalue weighted by Gasteiger charge is 2.23. The molecule has 0 radical (unpaired) electrons. The van der Waals surface area contributed by atoms with Crippen molar-refractivity contribution in [2.24, 2.45) is 5.41 Å². The Morgan fingerprint density at radius 1 is 1.33 bits per heavy atom. The molecule has 0 aliphatic heterocycles. The van der Waals surface area contributed by atoms with Gasteiger partial charge >= 0.3 is 0 Å². The minimum Gasteiger partial charge on any atom is -0.314 e. The Labute approximate surface area is 115 Å². The van der Waals surface area contributed by atoms with Crippen molar-refractivity contribution in [1.29, 1.82) is 0 Å². The van der Waals surface area contributed by atoms with E-state index in [1.54, 1.807) is 12.1 Å². The van der Waals surface area contributed by atoms with Crippen molar-refractivity contribution in [3.63, 3.8) is 0 Å². The van der Waals surface area contributed by atoms with Gasteiger partial charge in [-0.2, -0.15) is 0 Å². The zero-order chi connectivity index (χ0) is 13.8. The molecule has 0 saturated heterocycles. The van der Waals surface area contributed by atoms with Gasteiger partial charge in [-0.1, -0.05) is 39.3 Å². The first-order chi connectivity index (χ1) is 8.34. The molecule has 0 saturated carbocycles. The lowest BCUT2D eigenvalue weighted by atomic mass is 9.83. The molecule has 0 aromatic heterocycles. The fourth-order valence-corrected chi connectivity index (χ4v) is 2.32. The summed E-state index contributed by atoms with van der Waals surface area (Å²) < 4.78 is 13.6. The van der Waals surface area contributed by atoms with Gasteiger partial charge in [0.25, 0.3) is 0 Å². The first-order valence-corrected chi connectivity index (χ1v) is 6.89. The van der Waals surface area contributed by atoms with Crippen LogP contribution in [0.25, 0.3) is 0 Å². The van der Waals surface area contributed by atoms with E-state index in [1.807, 2.05) is 0 Å². The predicted octanol–water partition coefficient (Wildman–Crippen LogP) is 4.44. The number of benzene rings is 1. The highest BCUT2D eigenvalue weighted by Crippen LogP contribution is 2.24. The third-order valence-electron chi connectivity index (χ3n) is 3.21. The zero-order valence-electron chi connectivity index (χ0n) is 11.7. The largest absolute Gasteiger partial charge is 0.314 e. The minimum absolute atomic E-state index is 0.163. The summed E-state index contributed by atoms with van der Waals surface area (Å²) in [5.74, 6) is -0.163. The fraction of sp³-hybridized carbons (Fsp3) is 0.600. The molecule has 0 bridgehead atoms. The molecule has 0 fully saturated rings. The van der Waals surface area contributed by atoms with Crippen molar-refractivity contribution >= 4 is 11.6 Å². The summed E-state index contributed by atoms with van der Waals surface area (Å²) in [5, 5.41) is 4.07. The molecule has 1 aromatic rings. The number of rotatable bonds is 5. The van der Waals surface area contributed by atoms with Gasteiger partial charge in [0.15, 0.2) is 0 Å². The Morgan fingerprint density at radius 2 is 2.00 bits per heavy atom. The van der Waals surface area contributed by atoms with Crippen LogP contribution >= 0.6 is 11.6 Å². The molecular formula is C15H23ClFN. The van der Waals surface area contributed by atoms with Crippen LogP contribution in [-0.2, 0) is 6.42 Å². The molecular weight excluding hydrogens is 249 g/mol. The van der Waals surface area contributed by atoms with Crippen LogP contribution in [0.1, 0.15) is 39.7 Å². The van der Waals surface area contributed by atoms with Crippen LogP contribution < -0.4 is 5.32 Å². The normalized spacial score (nSPS) is 13.7. The van der Waals surface area contributed by atoms with E-state index in [0.717, 1.165) is 13.0 Å². The van der Waals surface area contributed by atoms with Crippen molar-refractivity contribution < 1.29 is 4.39 Å². The Bertz CT molecular complexity index is 385. The summed E-state index contributed by atoms with van der Waals surface area (Å²) in [5.41, 5.74) is 0.875. The highest BCUT2D eigenvalue weighted by molar-refractivity contribution is 6.30. The molecule has 18 heavy (non-hydrogen) atoms. The van der Waals surface area contributed by atoms with E-state index in [0.29, 0.717) is 23.0 Å². The van der Waals surface area contributed by atoms with Gasteiger partial charge in [-0.25, -0.2) is 4.39 Å². The molecule has 0 heterocycles. The maximum Gasteiger partial charge on any atom is 0.126 e. The zero-order valence-corrected chi connectivity index (χ0v) is 12.4. The number of aryl methyl sites for hydroxylation is 1. The summed E-state index contributed by atoms with van der Waals surface area (Å²) >= 11 is 5.90. The van der Waals surface area contributed by atoms with Gasteiger partial charge in [-0.3, -0.25) is 0 Å². The molecule has 0 spiro atoms. The second-order valence-electron chi connectivity index (χ2n) is 5.75. The Hall–Kier alpha value is -0.600. The Morgan fingerprint density at radius 3 is 2.56 bits per heavy atom. The van der Waals surface area contributed by atoms with Gasteiger partial charge in [-0.15, -0.1) is 0 Å². The number of nitrogens with one attached hydrogen (secondary N) is 1. The monoisotopic (exact) mass is 271 g/mol. The van der Waals surface area contributed by atoms with Crippen molar-refractivity contribution in [2.75, 3.05) is 6.54 Å². The molecule has 1 atom stereocenters. The smallest absolute Gasteiger partial charge is 0.126 e. The summed E-state index contributed by atoms with van der Waals surface area (Å²) in [6, 6.07) is 5.13. The second-order valence-corrected chi connectivity index (χ2v) is 6.19. The van der Waals surface area contributed by atoms with E-state index in [2.05, 4.69) is 33.0 Å². The van der Waals surface area contributed by atoms with Gasteiger partial charge in [-0.05, 0) is 48.6 Å². The maximum atomic E-state index is 13.6. The third kappa shape index (κ3) is 4.58. The molecule has 0 aliphatic rings. The molecule has 102 valence electrons. The van der Waals surface area contributed by atoms with E-state index < -0.39 is 0 Å². The fourth-order valence-electron chi connectivity index (χ4n) is 2.12. The second kappa shape index (κ2) is 6.53. The first-order valence-electron chi connectivity index (χ1n) is 6.52. The molecule has 1 aromatic carbocycles. The van der Waals surface area contributed by atoms with E-state index in [1.165, 1.54) is 6.07 Å². The highest BCUT2D eigenvalue weighted by atomic mass is 35.5. The van der Waals surface area contributed by atoms with Crippen molar-refractivity contribution in [1.82, 2.24) is 5.32 Å². The summed E-state index contributed by atoms with van der Waals surface area (Å²) in [7, 11) is 0. The van der Waals surface area contributed by atoms with Gasteiger partial charge in [0.2, 0.25) is 0 Å². The summed E-state index contributed by atoms with van der Waals surface area (Å²) in [4.78, 5) is 0. The number of hydrogen-bond acceptors (Lipinski definition) is 1. The van der Waals surface area contributed by atoms with E-state index in [4.69, 9.17) is 11.6 Å². The lowest BCUT2D eigenvalue weighted by molar-refractivity contribution is 0.258. The van der Waals surface area contributed by atoms with Crippen LogP contribution in [0, 0.1) is 11.2 Å². The van der Waals surface area contributed by atoms with Crippen molar-refractivity contribution in [3.05, 3.63) is 34.6 Å². The summed E-state index contributed by atoms with van der Waals surface area (Å²) in [6.45, 7) is 9.64. The van der Waals surface area contributed by atoms with Crippen molar-refractivity contribution in [3.8, 4) is 0 Å². The first kappa shape index (κ1) is 15.5. The lowest BCUT2D eigenvalue weighted by Gasteiger charge is -2.31. The predicted molar refractivity (Wildman–Crippen MR) is 76.7 cm³/mol. The van der Waals surface area contributed by atoms with Gasteiger partial charge in [0.1, 0.15) is 5.82 Å². The molecule has 1 rings (SSSR count). The molecule has 1 nitrogen and oxygen atoms in total. The van der Waals surface area contributed by atoms with Crippen LogP contribution in [0.5, 0.6) is 0 Å². The van der Waals surface area contributed by atoms with Crippen LogP contribution in [0.2, 0.25) is 5.02 Å². The Balaban J connectivity index is 2.70. The average Bonchev–Trinajstić information content (AvgIpc) is 2.27. The van der Waals surface area contributed by atoms with Crippen LogP contribution in [0.3, 0.4) is 0 Å². The van der Waals surface area contributed by atoms with Gasteiger partial charge < -0.3 is 5.32 Å². The van der Waals surface area contributed by atoms with Gasteiger partial charge in [0.05, 0.1) is 0 Å². The molecule has 0 amide bonds. The van der Waals surface area contributed by atoms with Crippen LogP contribution in [0.15, 0.2) is 18.2 Å². The number of halogens is 2. The molecule has 1 N–H and O–H groups in total. The quantitative estimate of drug-likeness (QED) is 0.835. The standard InChI is InChI=1S/C15H23ClFN/c1-5-18-14(15(2,3)4)9-6-11-10-12(16)7-8-13(11)17/h7-8,10,14,18H,5-6,9H2,1-4H3. The lowest BCUT2D eigenvalue weighted by Crippen LogP contribution is -2.40. The van der Waals surface area contributed by atoms with E-state index in [9.17, 15) is 4.39 Å². The average molecular weight is 272 g/mol. The molecule has 1 unspecified atom stereocenters. The topological polar surface area (TPSA) is 12.0 Å². The Kier molecular flexibility index (Phi) is 5.61. The third-order valence-corrected chi connectivity index (χ3v) is 3.44. The van der Waals surface area contributed by atoms with Gasteiger partial charge in [0, 0.05) is 11.1 Å². The number of hydrogen-bond donors (Lipinski definition) is 1. The van der Waals surface area contributed by atoms with Crippen LogP contribution in [-0.4, -0.2) is 12.6 Å². The van der Waals surface area contributed by atoms with E-state index in [-0.39, 0.29) is 11.2 Å². The minimum atomic E-state index is -0.163. The summed E-state index contributed by atoms with van der Waals surface area (Å²) in [6.07, 6.45) is 1.62. The maximum absolute atomic E-state index is 13.6. The molecule has 3 heteroatoms.